The van der Waals surface area contributed by atoms with Crippen molar-refractivity contribution in [2.75, 3.05) is 11.1 Å². The van der Waals surface area contributed by atoms with E-state index in [2.05, 4.69) is 21.2 Å². The van der Waals surface area contributed by atoms with Gasteiger partial charge in [0.1, 0.15) is 0 Å². The van der Waals surface area contributed by atoms with E-state index >= 15 is 0 Å². The van der Waals surface area contributed by atoms with Crippen molar-refractivity contribution in [3.05, 3.63) is 56.5 Å². The first-order chi connectivity index (χ1) is 8.97. The first kappa shape index (κ1) is 14.2. The van der Waals surface area contributed by atoms with E-state index in [0.29, 0.717) is 31.5 Å². The molecule has 1 amide bonds. The first-order valence-electron chi connectivity index (χ1n) is 5.29. The number of nitrogens with one attached hydrogen (secondary N) is 1. The molecule has 0 aliphatic heterocycles. The van der Waals surface area contributed by atoms with Crippen LogP contribution in [0.4, 0.5) is 11.4 Å². The van der Waals surface area contributed by atoms with Crippen LogP contribution in [0.25, 0.3) is 0 Å². The van der Waals surface area contributed by atoms with Gasteiger partial charge >= 0.3 is 0 Å². The van der Waals surface area contributed by atoms with Crippen LogP contribution in [0.1, 0.15) is 10.4 Å². The van der Waals surface area contributed by atoms with Crippen molar-refractivity contribution in [1.82, 2.24) is 0 Å². The summed E-state index contributed by atoms with van der Waals surface area (Å²) in [6.07, 6.45) is 0. The predicted octanol–water partition coefficient (Wildman–Crippen LogP) is 4.59. The van der Waals surface area contributed by atoms with Crippen LogP contribution < -0.4 is 11.1 Å². The third-order valence-corrected chi connectivity index (χ3v) is 3.82. The Balaban J connectivity index is 2.23. The normalized spacial score (nSPS) is 10.3. The fourth-order valence-electron chi connectivity index (χ4n) is 1.46. The van der Waals surface area contributed by atoms with Gasteiger partial charge in [-0.05, 0) is 52.3 Å². The predicted molar refractivity (Wildman–Crippen MR) is 83.0 cm³/mol. The largest absolute Gasteiger partial charge is 0.399 e. The van der Waals surface area contributed by atoms with Gasteiger partial charge in [-0.3, -0.25) is 4.79 Å². The van der Waals surface area contributed by atoms with Crippen LogP contribution >= 0.6 is 39.1 Å². The average Bonchev–Trinajstić information content (AvgIpc) is 2.36. The highest BCUT2D eigenvalue weighted by atomic mass is 79.9. The van der Waals surface area contributed by atoms with Gasteiger partial charge in [-0.2, -0.15) is 0 Å². The number of carbonyl (C=O) groups is 1. The minimum atomic E-state index is -0.274. The van der Waals surface area contributed by atoms with Crippen molar-refractivity contribution >= 4 is 56.4 Å². The first-order valence-corrected chi connectivity index (χ1v) is 6.83. The summed E-state index contributed by atoms with van der Waals surface area (Å²) in [6, 6.07) is 9.84. The third-order valence-electron chi connectivity index (χ3n) is 2.42. The van der Waals surface area contributed by atoms with Gasteiger partial charge in [-0.1, -0.05) is 23.2 Å². The zero-order chi connectivity index (χ0) is 14.0. The van der Waals surface area contributed by atoms with Gasteiger partial charge in [0, 0.05) is 15.7 Å². The Hall–Kier alpha value is -1.23. The van der Waals surface area contributed by atoms with Crippen LogP contribution in [0.3, 0.4) is 0 Å². The zero-order valence-corrected chi connectivity index (χ0v) is 12.7. The van der Waals surface area contributed by atoms with Crippen molar-refractivity contribution in [1.29, 1.82) is 0 Å². The van der Waals surface area contributed by atoms with Gasteiger partial charge in [-0.15, -0.1) is 0 Å². The fraction of sp³-hybridized carbons (Fsp3) is 0. The molecule has 2 aromatic carbocycles. The van der Waals surface area contributed by atoms with Crippen LogP contribution in [-0.2, 0) is 0 Å². The number of hydrogen-bond donors (Lipinski definition) is 2. The molecule has 6 heteroatoms. The molecule has 0 spiro atoms. The van der Waals surface area contributed by atoms with Gasteiger partial charge in [-0.25, -0.2) is 0 Å². The van der Waals surface area contributed by atoms with E-state index in [1.54, 1.807) is 30.3 Å². The van der Waals surface area contributed by atoms with Crippen LogP contribution in [0.15, 0.2) is 40.9 Å². The smallest absolute Gasteiger partial charge is 0.255 e. The number of nitrogens with two attached hydrogens (primary N) is 1. The fourth-order valence-corrected chi connectivity index (χ4v) is 2.26. The number of rotatable bonds is 2. The molecule has 0 aromatic heterocycles. The zero-order valence-electron chi connectivity index (χ0n) is 9.58. The lowest BCUT2D eigenvalue weighted by atomic mass is 10.2. The van der Waals surface area contributed by atoms with Crippen LogP contribution in [0.2, 0.25) is 10.0 Å². The third kappa shape index (κ3) is 3.41. The molecule has 0 aliphatic rings. The van der Waals surface area contributed by atoms with Gasteiger partial charge in [0.25, 0.3) is 5.91 Å². The van der Waals surface area contributed by atoms with Gasteiger partial charge < -0.3 is 11.1 Å². The summed E-state index contributed by atoms with van der Waals surface area (Å²) in [7, 11) is 0. The molecule has 0 saturated carbocycles. The van der Waals surface area contributed by atoms with E-state index < -0.39 is 0 Å². The number of hydrogen-bond acceptors (Lipinski definition) is 2. The van der Waals surface area contributed by atoms with Crippen LogP contribution in [-0.4, -0.2) is 5.91 Å². The summed E-state index contributed by atoms with van der Waals surface area (Å²) in [5, 5.41) is 3.51. The Bertz CT molecular complexity index is 647. The van der Waals surface area contributed by atoms with Crippen LogP contribution in [0, 0.1) is 0 Å². The number of carbonyl (C=O) groups excluding carboxylic acids is 1. The lowest BCUT2D eigenvalue weighted by Gasteiger charge is -2.08. The Morgan fingerprint density at radius 1 is 1.11 bits per heavy atom. The quantitative estimate of drug-likeness (QED) is 0.770. The SMILES string of the molecule is Nc1ccc(NC(=O)c2ccc(Cl)c(Cl)c2)c(Br)c1. The minimum Gasteiger partial charge on any atom is -0.399 e. The lowest BCUT2D eigenvalue weighted by molar-refractivity contribution is 0.102. The van der Waals surface area contributed by atoms with E-state index in [0.717, 1.165) is 0 Å². The Labute approximate surface area is 128 Å². The minimum absolute atomic E-state index is 0.274. The summed E-state index contributed by atoms with van der Waals surface area (Å²) < 4.78 is 0.709. The maximum absolute atomic E-state index is 12.0. The summed E-state index contributed by atoms with van der Waals surface area (Å²) in [4.78, 5) is 12.0. The van der Waals surface area contributed by atoms with Crippen molar-refractivity contribution in [3.8, 4) is 0 Å². The maximum atomic E-state index is 12.0. The van der Waals surface area contributed by atoms with E-state index in [1.165, 1.54) is 6.07 Å². The highest BCUT2D eigenvalue weighted by Crippen LogP contribution is 2.26. The molecular formula is C13H9BrCl2N2O. The summed E-state index contributed by atoms with van der Waals surface area (Å²) in [5.74, 6) is -0.274. The second-order valence-electron chi connectivity index (χ2n) is 3.82. The highest BCUT2D eigenvalue weighted by Gasteiger charge is 2.10. The number of halogens is 3. The summed E-state index contributed by atoms with van der Waals surface area (Å²) in [6.45, 7) is 0. The molecule has 19 heavy (non-hydrogen) atoms. The molecule has 0 aliphatic carbocycles. The standard InChI is InChI=1S/C13H9BrCl2N2O/c14-9-6-8(17)2-4-12(9)18-13(19)7-1-3-10(15)11(16)5-7/h1-6H,17H2,(H,18,19). The van der Waals surface area contributed by atoms with Gasteiger partial charge in [0.15, 0.2) is 0 Å². The van der Waals surface area contributed by atoms with Crippen molar-refractivity contribution in [2.24, 2.45) is 0 Å². The molecule has 3 nitrogen and oxygen atoms in total. The van der Waals surface area contributed by atoms with Crippen molar-refractivity contribution in [3.63, 3.8) is 0 Å². The van der Waals surface area contributed by atoms with E-state index in [9.17, 15) is 4.79 Å². The van der Waals surface area contributed by atoms with E-state index in [-0.39, 0.29) is 5.91 Å². The molecule has 0 bridgehead atoms. The summed E-state index contributed by atoms with van der Waals surface area (Å²) >= 11 is 15.0. The van der Waals surface area contributed by atoms with Crippen molar-refractivity contribution < 1.29 is 4.79 Å². The molecule has 98 valence electrons. The Morgan fingerprint density at radius 3 is 2.47 bits per heavy atom. The maximum Gasteiger partial charge on any atom is 0.255 e. The molecule has 3 N–H and O–H groups in total. The molecule has 2 rings (SSSR count). The number of amides is 1. The molecule has 0 saturated heterocycles. The van der Waals surface area contributed by atoms with Gasteiger partial charge in [0.05, 0.1) is 15.7 Å². The second kappa shape index (κ2) is 5.82. The molecular weight excluding hydrogens is 351 g/mol. The number of benzene rings is 2. The molecule has 0 fully saturated rings. The lowest BCUT2D eigenvalue weighted by Crippen LogP contribution is -2.12. The average molecular weight is 360 g/mol. The Morgan fingerprint density at radius 2 is 1.84 bits per heavy atom. The summed E-state index contributed by atoms with van der Waals surface area (Å²) in [5.41, 5.74) is 7.30. The number of anilines is 2. The van der Waals surface area contributed by atoms with Crippen molar-refractivity contribution in [2.45, 2.75) is 0 Å². The van der Waals surface area contributed by atoms with Gasteiger partial charge in [0.2, 0.25) is 0 Å². The van der Waals surface area contributed by atoms with E-state index in [1.807, 2.05) is 0 Å². The topological polar surface area (TPSA) is 55.1 Å². The van der Waals surface area contributed by atoms with Crippen LogP contribution in [0.5, 0.6) is 0 Å². The monoisotopic (exact) mass is 358 g/mol. The molecule has 0 atom stereocenters. The molecule has 0 heterocycles. The molecule has 0 unspecified atom stereocenters. The Kier molecular flexibility index (Phi) is 4.34. The molecule has 2 aromatic rings. The second-order valence-corrected chi connectivity index (χ2v) is 5.49. The molecule has 0 radical (unpaired) electrons. The number of nitrogen functional groups attached to an aromatic ring is 1. The highest BCUT2D eigenvalue weighted by molar-refractivity contribution is 9.10. The van der Waals surface area contributed by atoms with E-state index in [4.69, 9.17) is 28.9 Å².